The van der Waals surface area contributed by atoms with Crippen LogP contribution in [-0.4, -0.2) is 24.8 Å². The predicted octanol–water partition coefficient (Wildman–Crippen LogP) is 4.53. The van der Waals surface area contributed by atoms with Crippen LogP contribution in [0.4, 0.5) is 0 Å². The highest BCUT2D eigenvalue weighted by molar-refractivity contribution is 6.09. The molecule has 0 saturated carbocycles. The average molecular weight is 291 g/mol. The number of Topliss-reactive ketones (excluding diaryl/α,β-unsaturated/α-hetero) is 1. The van der Waals surface area contributed by atoms with Crippen LogP contribution in [-0.2, 0) is 0 Å². The molecule has 0 radical (unpaired) electrons. The summed E-state index contributed by atoms with van der Waals surface area (Å²) in [5.74, 6) is 0.388. The normalized spacial score (nSPS) is 16.9. The van der Waals surface area contributed by atoms with Gasteiger partial charge in [-0.05, 0) is 28.5 Å². The monoisotopic (exact) mass is 291 g/mol. The molecule has 0 aromatic heterocycles. The molecule has 22 heavy (non-hydrogen) atoms. The third kappa shape index (κ3) is 2.45. The summed E-state index contributed by atoms with van der Waals surface area (Å²) in [6.45, 7) is 1.93. The second-order valence-electron chi connectivity index (χ2n) is 5.90. The van der Waals surface area contributed by atoms with Gasteiger partial charge in [0.05, 0.1) is 0 Å². The standard InChI is InChI=1S/C20H21NO/c1-4-19(22)20-17-8-6-5-7-14(17)10-12-18(20)15-9-11-16(13-15)21(2)3/h5-13,15H,4H2,1-3H3. The van der Waals surface area contributed by atoms with E-state index in [-0.39, 0.29) is 11.7 Å². The minimum absolute atomic E-state index is 0.174. The number of carbonyl (C=O) groups is 1. The number of hydrogen-bond donors (Lipinski definition) is 0. The smallest absolute Gasteiger partial charge is 0.163 e. The van der Waals surface area contributed by atoms with Gasteiger partial charge in [0.15, 0.2) is 5.78 Å². The number of allylic oxidation sites excluding steroid dienone is 3. The zero-order valence-corrected chi connectivity index (χ0v) is 13.3. The van der Waals surface area contributed by atoms with Crippen LogP contribution < -0.4 is 0 Å². The SMILES string of the molecule is CCC(=O)c1c(C2C=CC(N(C)C)=C2)ccc2ccccc12. The summed E-state index contributed by atoms with van der Waals surface area (Å²) in [4.78, 5) is 14.7. The Hall–Kier alpha value is -2.35. The zero-order chi connectivity index (χ0) is 15.7. The van der Waals surface area contributed by atoms with E-state index >= 15 is 0 Å². The molecule has 0 spiro atoms. The van der Waals surface area contributed by atoms with Gasteiger partial charge >= 0.3 is 0 Å². The summed E-state index contributed by atoms with van der Waals surface area (Å²) in [6.07, 6.45) is 7.05. The number of ketones is 1. The van der Waals surface area contributed by atoms with Crippen molar-refractivity contribution < 1.29 is 4.79 Å². The quantitative estimate of drug-likeness (QED) is 0.771. The van der Waals surface area contributed by atoms with E-state index in [1.165, 1.54) is 5.70 Å². The van der Waals surface area contributed by atoms with Crippen molar-refractivity contribution in [1.29, 1.82) is 0 Å². The number of nitrogens with zero attached hydrogens (tertiary/aromatic N) is 1. The maximum atomic E-state index is 12.6. The maximum Gasteiger partial charge on any atom is 0.163 e. The van der Waals surface area contributed by atoms with Crippen LogP contribution in [0.5, 0.6) is 0 Å². The summed E-state index contributed by atoms with van der Waals surface area (Å²) in [5, 5.41) is 2.19. The Morgan fingerprint density at radius 1 is 1.14 bits per heavy atom. The van der Waals surface area contributed by atoms with Crippen molar-refractivity contribution in [3.05, 3.63) is 71.5 Å². The molecule has 0 bridgehead atoms. The van der Waals surface area contributed by atoms with Crippen molar-refractivity contribution in [3.8, 4) is 0 Å². The number of rotatable bonds is 4. The molecule has 0 saturated heterocycles. The molecule has 3 rings (SSSR count). The molecule has 2 aromatic carbocycles. The van der Waals surface area contributed by atoms with Crippen molar-refractivity contribution in [2.24, 2.45) is 0 Å². The number of fused-ring (bicyclic) bond motifs is 1. The molecule has 0 heterocycles. The molecule has 1 aliphatic rings. The molecule has 2 nitrogen and oxygen atoms in total. The van der Waals surface area contributed by atoms with E-state index in [4.69, 9.17) is 0 Å². The van der Waals surface area contributed by atoms with Gasteiger partial charge in [-0.25, -0.2) is 0 Å². The number of likely N-dealkylation sites (N-methyl/N-ethyl adjacent to an activating group) is 1. The van der Waals surface area contributed by atoms with E-state index in [0.717, 1.165) is 21.9 Å². The first-order valence-corrected chi connectivity index (χ1v) is 7.74. The van der Waals surface area contributed by atoms with Crippen LogP contribution >= 0.6 is 0 Å². The largest absolute Gasteiger partial charge is 0.378 e. The van der Waals surface area contributed by atoms with E-state index in [2.05, 4.69) is 47.4 Å². The Morgan fingerprint density at radius 2 is 1.91 bits per heavy atom. The fourth-order valence-corrected chi connectivity index (χ4v) is 3.04. The van der Waals surface area contributed by atoms with E-state index in [1.807, 2.05) is 33.2 Å². The van der Waals surface area contributed by atoms with Gasteiger partial charge in [0, 0.05) is 37.7 Å². The molecule has 0 aliphatic heterocycles. The van der Waals surface area contributed by atoms with Crippen LogP contribution in [0.25, 0.3) is 10.8 Å². The molecule has 2 heteroatoms. The first-order chi connectivity index (χ1) is 10.6. The second kappa shape index (κ2) is 5.80. The Kier molecular flexibility index (Phi) is 3.84. The van der Waals surface area contributed by atoms with Gasteiger partial charge in [-0.1, -0.05) is 49.4 Å². The highest BCUT2D eigenvalue weighted by Crippen LogP contribution is 2.34. The fourth-order valence-electron chi connectivity index (χ4n) is 3.04. The van der Waals surface area contributed by atoms with Crippen molar-refractivity contribution in [2.45, 2.75) is 19.3 Å². The minimum atomic E-state index is 0.174. The summed E-state index contributed by atoms with van der Waals surface area (Å²) < 4.78 is 0. The number of benzene rings is 2. The topological polar surface area (TPSA) is 20.3 Å². The lowest BCUT2D eigenvalue weighted by atomic mass is 9.88. The highest BCUT2D eigenvalue weighted by Gasteiger charge is 2.21. The first kappa shape index (κ1) is 14.6. The Labute approximate surface area is 131 Å². The van der Waals surface area contributed by atoms with Crippen molar-refractivity contribution in [2.75, 3.05) is 14.1 Å². The van der Waals surface area contributed by atoms with Crippen LogP contribution in [0.15, 0.2) is 60.3 Å². The summed E-state index contributed by atoms with van der Waals surface area (Å²) >= 11 is 0. The lowest BCUT2D eigenvalue weighted by molar-refractivity contribution is 0.0989. The van der Waals surface area contributed by atoms with Crippen LogP contribution in [0.1, 0.15) is 35.2 Å². The third-order valence-corrected chi connectivity index (χ3v) is 4.26. The average Bonchev–Trinajstić information content (AvgIpc) is 3.03. The lowest BCUT2D eigenvalue weighted by Gasteiger charge is -2.16. The van der Waals surface area contributed by atoms with Gasteiger partial charge in [0.1, 0.15) is 0 Å². The number of hydrogen-bond acceptors (Lipinski definition) is 2. The van der Waals surface area contributed by atoms with Crippen LogP contribution in [0.2, 0.25) is 0 Å². The van der Waals surface area contributed by atoms with Crippen LogP contribution in [0, 0.1) is 0 Å². The van der Waals surface area contributed by atoms with Gasteiger partial charge in [-0.2, -0.15) is 0 Å². The van der Waals surface area contributed by atoms with E-state index < -0.39 is 0 Å². The Bertz CT molecular complexity index is 783. The van der Waals surface area contributed by atoms with E-state index in [0.29, 0.717) is 6.42 Å². The molecule has 0 N–H and O–H groups in total. The van der Waals surface area contributed by atoms with Gasteiger partial charge in [0.25, 0.3) is 0 Å². The number of carbonyl (C=O) groups excluding carboxylic acids is 1. The Balaban J connectivity index is 2.18. The third-order valence-electron chi connectivity index (χ3n) is 4.26. The molecular weight excluding hydrogens is 270 g/mol. The summed E-state index contributed by atoms with van der Waals surface area (Å²) in [7, 11) is 4.08. The lowest BCUT2D eigenvalue weighted by Crippen LogP contribution is -2.08. The van der Waals surface area contributed by atoms with Gasteiger partial charge < -0.3 is 4.90 Å². The van der Waals surface area contributed by atoms with E-state index in [9.17, 15) is 4.79 Å². The molecule has 0 amide bonds. The molecule has 1 unspecified atom stereocenters. The van der Waals surface area contributed by atoms with Gasteiger partial charge in [-0.3, -0.25) is 4.79 Å². The van der Waals surface area contributed by atoms with Crippen molar-refractivity contribution >= 4 is 16.6 Å². The molecular formula is C20H21NO. The summed E-state index contributed by atoms with van der Waals surface area (Å²) in [5.41, 5.74) is 3.18. The molecule has 2 aromatic rings. The molecule has 112 valence electrons. The predicted molar refractivity (Wildman–Crippen MR) is 92.2 cm³/mol. The fraction of sp³-hybridized carbons (Fsp3) is 0.250. The molecule has 0 fully saturated rings. The Morgan fingerprint density at radius 3 is 2.59 bits per heavy atom. The molecule has 1 aliphatic carbocycles. The van der Waals surface area contributed by atoms with Gasteiger partial charge in [-0.15, -0.1) is 0 Å². The second-order valence-corrected chi connectivity index (χ2v) is 5.90. The van der Waals surface area contributed by atoms with Gasteiger partial charge in [0.2, 0.25) is 0 Å². The van der Waals surface area contributed by atoms with E-state index in [1.54, 1.807) is 0 Å². The molecule has 1 atom stereocenters. The highest BCUT2D eigenvalue weighted by atomic mass is 16.1. The van der Waals surface area contributed by atoms with Crippen molar-refractivity contribution in [1.82, 2.24) is 4.90 Å². The maximum absolute atomic E-state index is 12.6. The summed E-state index contributed by atoms with van der Waals surface area (Å²) in [6, 6.07) is 12.4. The zero-order valence-electron chi connectivity index (χ0n) is 13.3. The first-order valence-electron chi connectivity index (χ1n) is 7.74. The minimum Gasteiger partial charge on any atom is -0.378 e. The van der Waals surface area contributed by atoms with Crippen molar-refractivity contribution in [3.63, 3.8) is 0 Å². The van der Waals surface area contributed by atoms with Crippen LogP contribution in [0.3, 0.4) is 0 Å².